The normalized spacial score (nSPS) is 19.4. The number of urea groups is 1. The van der Waals surface area contributed by atoms with Gasteiger partial charge in [-0.3, -0.25) is 0 Å². The average Bonchev–Trinajstić information content (AvgIpc) is 3.56. The number of rotatable bonds is 5. The first kappa shape index (κ1) is 26.3. The van der Waals surface area contributed by atoms with Crippen molar-refractivity contribution in [2.24, 2.45) is 5.92 Å². The van der Waals surface area contributed by atoms with Gasteiger partial charge in [0.05, 0.1) is 19.3 Å². The zero-order valence-corrected chi connectivity index (χ0v) is 23.2. The zero-order valence-electron chi connectivity index (χ0n) is 22.4. The van der Waals surface area contributed by atoms with Gasteiger partial charge < -0.3 is 19.7 Å². The first-order valence-corrected chi connectivity index (χ1v) is 14.6. The molecule has 5 rings (SSSR count). The molecule has 2 aromatic rings. The molecule has 2 atom stereocenters. The fourth-order valence-electron chi connectivity index (χ4n) is 5.53. The number of aryl methyl sites for hydroxylation is 2. The van der Waals surface area contributed by atoms with Crippen LogP contribution in [0, 0.1) is 10.7 Å². The molecule has 11 nitrogen and oxygen atoms in total. The maximum Gasteiger partial charge on any atom is 0.410 e. The van der Waals surface area contributed by atoms with Crippen molar-refractivity contribution >= 4 is 27.7 Å². The van der Waals surface area contributed by atoms with E-state index in [1.54, 1.807) is 7.05 Å². The summed E-state index contributed by atoms with van der Waals surface area (Å²) in [6.07, 6.45) is 6.81. The monoisotopic (exact) mass is 544 g/mol. The Morgan fingerprint density at radius 1 is 1.21 bits per heavy atom. The summed E-state index contributed by atoms with van der Waals surface area (Å²) >= 11 is 0. The smallest absolute Gasteiger partial charge is 0.410 e. The first-order valence-electron chi connectivity index (χ1n) is 13.1. The average molecular weight is 545 g/mol. The van der Waals surface area contributed by atoms with Gasteiger partial charge in [0.25, 0.3) is 0 Å². The highest BCUT2D eigenvalue weighted by atomic mass is 32.2. The molecule has 0 saturated heterocycles. The number of ether oxygens (including phenoxy) is 2. The van der Waals surface area contributed by atoms with E-state index in [-0.39, 0.29) is 23.3 Å². The van der Waals surface area contributed by atoms with Crippen LogP contribution in [0.4, 0.5) is 15.3 Å². The Morgan fingerprint density at radius 3 is 2.50 bits per heavy atom. The number of benzene rings is 1. The van der Waals surface area contributed by atoms with Crippen molar-refractivity contribution in [3.63, 3.8) is 0 Å². The predicted molar refractivity (Wildman–Crippen MR) is 142 cm³/mol. The summed E-state index contributed by atoms with van der Waals surface area (Å²) < 4.78 is 37.0. The van der Waals surface area contributed by atoms with Crippen molar-refractivity contribution in [1.82, 2.24) is 19.4 Å². The molecule has 0 fully saturated rings. The van der Waals surface area contributed by atoms with Crippen LogP contribution in [-0.2, 0) is 46.9 Å². The van der Waals surface area contributed by atoms with Gasteiger partial charge in [-0.15, -0.1) is 0 Å². The van der Waals surface area contributed by atoms with Crippen molar-refractivity contribution in [3.05, 3.63) is 34.5 Å². The molecule has 0 spiro atoms. The molecule has 206 valence electrons. The van der Waals surface area contributed by atoms with Gasteiger partial charge in [-0.25, -0.2) is 28.0 Å². The maximum absolute atomic E-state index is 13.4. The van der Waals surface area contributed by atoms with Gasteiger partial charge >= 0.3 is 12.1 Å². The Hall–Kier alpha value is -3.28. The Morgan fingerprint density at radius 2 is 1.87 bits per heavy atom. The third-order valence-electron chi connectivity index (χ3n) is 7.14. The predicted octanol–water partition coefficient (Wildman–Crippen LogP) is 3.88. The topological polar surface area (TPSA) is 139 Å². The third-order valence-corrected chi connectivity index (χ3v) is 8.51. The number of hydrogen-bond donors (Lipinski definition) is 3. The lowest BCUT2D eigenvalue weighted by Gasteiger charge is -2.30. The van der Waals surface area contributed by atoms with Crippen LogP contribution in [0.15, 0.2) is 17.2 Å². The molecule has 0 bridgehead atoms. The zero-order chi connectivity index (χ0) is 27.2. The van der Waals surface area contributed by atoms with Gasteiger partial charge in [0, 0.05) is 25.2 Å². The van der Waals surface area contributed by atoms with Gasteiger partial charge in [-0.05, 0) is 81.5 Å². The minimum absolute atomic E-state index is 0.0233. The van der Waals surface area contributed by atoms with Crippen LogP contribution < -0.4 is 14.8 Å². The van der Waals surface area contributed by atoms with Crippen molar-refractivity contribution in [1.29, 1.82) is 4.78 Å². The highest BCUT2D eigenvalue weighted by Crippen LogP contribution is 2.38. The molecule has 3 aliphatic rings. The molecule has 1 aromatic carbocycles. The minimum Gasteiger partial charge on any atom is -0.476 e. The molecule has 1 aromatic heterocycles. The highest BCUT2D eigenvalue weighted by molar-refractivity contribution is 7.91. The molecule has 2 heterocycles. The van der Waals surface area contributed by atoms with E-state index in [1.807, 2.05) is 20.8 Å². The molecule has 3 amide bonds. The van der Waals surface area contributed by atoms with Gasteiger partial charge in [0.2, 0.25) is 5.88 Å². The SMILES string of the molecule is CN(C[C@@H]1COc2c([S@](=N)(=O)NC(=O)Nc3c4c(cc5c3CCC5)CCC4)cnn2C1)C(=O)OC(C)(C)C. The molecule has 12 heteroatoms. The number of aromatic nitrogens is 2. The van der Waals surface area contributed by atoms with E-state index >= 15 is 0 Å². The summed E-state index contributed by atoms with van der Waals surface area (Å²) in [7, 11) is -2.07. The van der Waals surface area contributed by atoms with Crippen molar-refractivity contribution < 1.29 is 23.3 Å². The fraction of sp³-hybridized carbons (Fsp3) is 0.577. The van der Waals surface area contributed by atoms with E-state index in [1.165, 1.54) is 26.9 Å². The second kappa shape index (κ2) is 9.79. The third kappa shape index (κ3) is 5.31. The lowest BCUT2D eigenvalue weighted by atomic mass is 9.99. The summed E-state index contributed by atoms with van der Waals surface area (Å²) in [6, 6.07) is 1.60. The molecular formula is C26H36N6O5S. The van der Waals surface area contributed by atoms with Crippen LogP contribution >= 0.6 is 0 Å². The van der Waals surface area contributed by atoms with E-state index in [4.69, 9.17) is 14.3 Å². The van der Waals surface area contributed by atoms with Crippen LogP contribution in [0.5, 0.6) is 5.88 Å². The van der Waals surface area contributed by atoms with E-state index in [0.717, 1.165) is 55.3 Å². The number of fused-ring (bicyclic) bond motifs is 3. The summed E-state index contributed by atoms with van der Waals surface area (Å²) in [5.41, 5.74) is 5.10. The van der Waals surface area contributed by atoms with Gasteiger partial charge in [0.1, 0.15) is 10.5 Å². The molecule has 2 aliphatic carbocycles. The van der Waals surface area contributed by atoms with Crippen LogP contribution in [0.3, 0.4) is 0 Å². The number of nitrogens with one attached hydrogen (secondary N) is 3. The van der Waals surface area contributed by atoms with Crippen LogP contribution in [0.2, 0.25) is 0 Å². The molecule has 0 unspecified atom stereocenters. The van der Waals surface area contributed by atoms with E-state index in [2.05, 4.69) is 21.2 Å². The summed E-state index contributed by atoms with van der Waals surface area (Å²) in [6.45, 7) is 6.47. The number of anilines is 1. The maximum atomic E-state index is 13.4. The van der Waals surface area contributed by atoms with E-state index in [0.29, 0.717) is 13.1 Å². The number of carbonyl (C=O) groups excluding carboxylic acids is 2. The number of carbonyl (C=O) groups is 2. The first-order chi connectivity index (χ1) is 17.9. The molecule has 1 aliphatic heterocycles. The molecule has 0 radical (unpaired) electrons. The Kier molecular flexibility index (Phi) is 6.79. The number of nitrogens with zero attached hydrogens (tertiary/aromatic N) is 3. The number of hydrogen-bond acceptors (Lipinski definition) is 7. The summed E-state index contributed by atoms with van der Waals surface area (Å²) in [5, 5.41) is 7.19. The van der Waals surface area contributed by atoms with Gasteiger partial charge in [0.15, 0.2) is 9.92 Å². The minimum atomic E-state index is -3.74. The second-order valence-corrected chi connectivity index (χ2v) is 13.1. The second-order valence-electron chi connectivity index (χ2n) is 11.4. The summed E-state index contributed by atoms with van der Waals surface area (Å²) in [4.78, 5) is 26.8. The molecule has 38 heavy (non-hydrogen) atoms. The molecule has 3 N–H and O–H groups in total. The Balaban J connectivity index is 1.25. The Bertz CT molecular complexity index is 1350. The molecular weight excluding hydrogens is 508 g/mol. The lowest BCUT2D eigenvalue weighted by Crippen LogP contribution is -2.41. The Labute approximate surface area is 223 Å². The van der Waals surface area contributed by atoms with E-state index < -0.39 is 27.6 Å². The lowest BCUT2D eigenvalue weighted by molar-refractivity contribution is 0.0232. The van der Waals surface area contributed by atoms with Crippen LogP contribution in [0.1, 0.15) is 55.9 Å². The standard InChI is InChI=1S/C26H36N6O5S/c1-26(2,3)37-25(34)31(4)13-16-14-32-23(36-15-16)21(12-28-32)38(27,35)30-24(33)29-22-19-9-5-7-17(19)11-18-8-6-10-20(18)22/h11-12,16H,5-10,13-15H2,1-4H3,(H3,27,29,30,33,35)/t16-,38+/m0/s1. The largest absolute Gasteiger partial charge is 0.476 e. The quantitative estimate of drug-likeness (QED) is 0.522. The van der Waals surface area contributed by atoms with Gasteiger partial charge in [-0.1, -0.05) is 6.07 Å². The van der Waals surface area contributed by atoms with E-state index in [9.17, 15) is 13.8 Å². The van der Waals surface area contributed by atoms with Crippen molar-refractivity contribution in [2.45, 2.75) is 76.3 Å². The van der Waals surface area contributed by atoms with Gasteiger partial charge in [-0.2, -0.15) is 5.10 Å². The van der Waals surface area contributed by atoms with Crippen LogP contribution in [0.25, 0.3) is 0 Å². The molecule has 0 saturated carbocycles. The number of amides is 3. The van der Waals surface area contributed by atoms with Crippen molar-refractivity contribution in [3.8, 4) is 5.88 Å². The van der Waals surface area contributed by atoms with Crippen LogP contribution in [-0.4, -0.2) is 56.8 Å². The fourth-order valence-corrected chi connectivity index (χ4v) is 6.56. The highest BCUT2D eigenvalue weighted by Gasteiger charge is 2.32. The summed E-state index contributed by atoms with van der Waals surface area (Å²) in [5.74, 6) is 0.121. The van der Waals surface area contributed by atoms with Crippen molar-refractivity contribution in [2.75, 3.05) is 25.5 Å².